The Morgan fingerprint density at radius 2 is 1.81 bits per heavy atom. The van der Waals surface area contributed by atoms with Crippen molar-refractivity contribution in [2.45, 2.75) is 30.3 Å². The molecule has 1 amide bonds. The maximum absolute atomic E-state index is 14.0. The van der Waals surface area contributed by atoms with Gasteiger partial charge >= 0.3 is 0 Å². The van der Waals surface area contributed by atoms with Crippen molar-refractivity contribution < 1.29 is 18.7 Å². The van der Waals surface area contributed by atoms with E-state index < -0.39 is 11.5 Å². The van der Waals surface area contributed by atoms with Crippen LogP contribution in [0.1, 0.15) is 34.5 Å². The molecule has 1 fully saturated rings. The Balaban J connectivity index is 1.21. The van der Waals surface area contributed by atoms with Crippen LogP contribution in [0.5, 0.6) is 0 Å². The molecule has 6 nitrogen and oxygen atoms in total. The zero-order valence-corrected chi connectivity index (χ0v) is 20.4. The summed E-state index contributed by atoms with van der Waals surface area (Å²) in [4.78, 5) is 23.7. The third-order valence-electron chi connectivity index (χ3n) is 6.52. The van der Waals surface area contributed by atoms with Gasteiger partial charge in [0.1, 0.15) is 5.82 Å². The lowest BCUT2D eigenvalue weighted by atomic mass is 9.83. The molecule has 36 heavy (non-hydrogen) atoms. The average molecular weight is 507 g/mol. The quantitative estimate of drug-likeness (QED) is 0.277. The Kier molecular flexibility index (Phi) is 6.59. The highest BCUT2D eigenvalue weighted by Crippen LogP contribution is 2.35. The van der Waals surface area contributed by atoms with Crippen LogP contribution in [0.15, 0.2) is 71.8 Å². The van der Waals surface area contributed by atoms with Gasteiger partial charge in [-0.15, -0.1) is 0 Å². The molecule has 9 heteroatoms. The summed E-state index contributed by atoms with van der Waals surface area (Å²) < 4.78 is 30.6. The zero-order valence-electron chi connectivity index (χ0n) is 19.5. The highest BCUT2D eigenvalue weighted by atomic mass is 32.2. The minimum atomic E-state index is -1.13. The fraction of sp³-hybridized carbons (Fsp3) is 0.222. The molecule has 0 atom stereocenters. The number of piperidine rings is 1. The summed E-state index contributed by atoms with van der Waals surface area (Å²) in [7, 11) is 0. The second-order valence-corrected chi connectivity index (χ2v) is 9.67. The van der Waals surface area contributed by atoms with Crippen LogP contribution in [0.4, 0.5) is 14.5 Å². The standard InChI is InChI=1S/C27H24F2N4O2S/c1-17-21(8-11-24(29)31-17)27(35)12-15-33(16-13-27)26(34)18-4-6-19(7-5-18)32-36-23-10-9-22(28)20-3-2-14-30-25(20)23/h2-11,14,32,35H,12-13,15-16H2,1H3. The number of carbonyl (C=O) groups is 1. The average Bonchev–Trinajstić information content (AvgIpc) is 2.89. The minimum Gasteiger partial charge on any atom is -0.385 e. The highest BCUT2D eigenvalue weighted by molar-refractivity contribution is 8.00. The second-order valence-electron chi connectivity index (χ2n) is 8.82. The summed E-state index contributed by atoms with van der Waals surface area (Å²) in [6, 6.07) is 16.5. The number of fused-ring (bicyclic) bond motifs is 1. The Bertz CT molecular complexity index is 1420. The monoisotopic (exact) mass is 506 g/mol. The molecule has 1 saturated heterocycles. The van der Waals surface area contributed by atoms with E-state index in [1.165, 1.54) is 24.1 Å². The molecular weight excluding hydrogens is 482 g/mol. The number of benzene rings is 2. The van der Waals surface area contributed by atoms with Crippen molar-refractivity contribution in [2.75, 3.05) is 17.8 Å². The van der Waals surface area contributed by atoms with Gasteiger partial charge in [-0.05, 0) is 92.4 Å². The summed E-state index contributed by atoms with van der Waals surface area (Å²) in [5.41, 5.74) is 1.85. The molecule has 0 aliphatic carbocycles. The van der Waals surface area contributed by atoms with E-state index in [0.29, 0.717) is 53.7 Å². The van der Waals surface area contributed by atoms with Crippen molar-refractivity contribution in [3.63, 3.8) is 0 Å². The molecule has 0 spiro atoms. The van der Waals surface area contributed by atoms with Crippen molar-refractivity contribution in [3.05, 3.63) is 95.4 Å². The Hall–Kier alpha value is -3.56. The molecule has 0 unspecified atom stereocenters. The van der Waals surface area contributed by atoms with Crippen LogP contribution in [-0.2, 0) is 5.60 Å². The Morgan fingerprint density at radius 1 is 1.06 bits per heavy atom. The summed E-state index contributed by atoms with van der Waals surface area (Å²) in [5.74, 6) is -1.00. The first-order valence-electron chi connectivity index (χ1n) is 11.6. The third-order valence-corrected chi connectivity index (χ3v) is 7.41. The van der Waals surface area contributed by atoms with Crippen molar-refractivity contribution in [2.24, 2.45) is 0 Å². The first-order valence-corrected chi connectivity index (χ1v) is 12.4. The molecule has 0 bridgehead atoms. The molecule has 184 valence electrons. The lowest BCUT2D eigenvalue weighted by Crippen LogP contribution is -2.45. The molecule has 0 radical (unpaired) electrons. The van der Waals surface area contributed by atoms with Crippen molar-refractivity contribution >= 4 is 34.4 Å². The number of amides is 1. The maximum atomic E-state index is 14.0. The SMILES string of the molecule is Cc1nc(F)ccc1C1(O)CCN(C(=O)c2ccc(NSc3ccc(F)c4cccnc34)cc2)CC1. The number of pyridine rings is 2. The summed E-state index contributed by atoms with van der Waals surface area (Å²) in [5, 5.41) is 11.6. The molecule has 0 saturated carbocycles. The molecule has 2 aromatic heterocycles. The normalized spacial score (nSPS) is 15.2. The molecule has 5 rings (SSSR count). The molecule has 3 heterocycles. The van der Waals surface area contributed by atoms with Crippen LogP contribution in [0, 0.1) is 18.7 Å². The van der Waals surface area contributed by atoms with Gasteiger partial charge in [-0.25, -0.2) is 9.37 Å². The van der Waals surface area contributed by atoms with E-state index in [-0.39, 0.29) is 11.7 Å². The van der Waals surface area contributed by atoms with E-state index >= 15 is 0 Å². The smallest absolute Gasteiger partial charge is 0.253 e. The van der Waals surface area contributed by atoms with Crippen LogP contribution in [-0.4, -0.2) is 39.0 Å². The number of aliphatic hydroxyl groups is 1. The van der Waals surface area contributed by atoms with Gasteiger partial charge in [0.05, 0.1) is 16.0 Å². The number of likely N-dealkylation sites (tertiary alicyclic amines) is 1. The number of nitrogens with zero attached hydrogens (tertiary/aromatic N) is 3. The topological polar surface area (TPSA) is 78.4 Å². The van der Waals surface area contributed by atoms with Crippen LogP contribution < -0.4 is 4.72 Å². The van der Waals surface area contributed by atoms with Gasteiger partial charge in [-0.2, -0.15) is 4.39 Å². The number of nitrogens with one attached hydrogen (secondary N) is 1. The van der Waals surface area contributed by atoms with Crippen LogP contribution in [0.2, 0.25) is 0 Å². The number of hydrogen-bond acceptors (Lipinski definition) is 6. The molecule has 4 aromatic rings. The predicted molar refractivity (Wildman–Crippen MR) is 136 cm³/mol. The largest absolute Gasteiger partial charge is 0.385 e. The van der Waals surface area contributed by atoms with Gasteiger partial charge in [0, 0.05) is 47.2 Å². The third kappa shape index (κ3) is 4.76. The number of hydrogen-bond donors (Lipinski definition) is 2. The van der Waals surface area contributed by atoms with Crippen molar-refractivity contribution in [1.82, 2.24) is 14.9 Å². The summed E-state index contributed by atoms with van der Waals surface area (Å²) in [6.45, 7) is 2.44. The molecule has 2 aromatic carbocycles. The summed E-state index contributed by atoms with van der Waals surface area (Å²) >= 11 is 1.32. The van der Waals surface area contributed by atoms with Crippen molar-refractivity contribution in [3.8, 4) is 0 Å². The highest BCUT2D eigenvalue weighted by Gasteiger charge is 2.37. The molecule has 2 N–H and O–H groups in total. The van der Waals surface area contributed by atoms with Crippen LogP contribution >= 0.6 is 11.9 Å². The van der Waals surface area contributed by atoms with E-state index in [0.717, 1.165) is 10.6 Å². The molecule has 1 aliphatic heterocycles. The van der Waals surface area contributed by atoms with Gasteiger partial charge in [0.2, 0.25) is 5.95 Å². The van der Waals surface area contributed by atoms with Gasteiger partial charge in [0.15, 0.2) is 0 Å². The lowest BCUT2D eigenvalue weighted by molar-refractivity contribution is -0.0219. The van der Waals surface area contributed by atoms with Gasteiger partial charge in [-0.1, -0.05) is 0 Å². The number of halogens is 2. The first kappa shape index (κ1) is 24.1. The van der Waals surface area contributed by atoms with E-state index in [4.69, 9.17) is 0 Å². The van der Waals surface area contributed by atoms with Crippen LogP contribution in [0.3, 0.4) is 0 Å². The summed E-state index contributed by atoms with van der Waals surface area (Å²) in [6.07, 6.45) is 2.33. The number of anilines is 1. The van der Waals surface area contributed by atoms with Gasteiger partial charge < -0.3 is 14.7 Å². The maximum Gasteiger partial charge on any atom is 0.253 e. The van der Waals surface area contributed by atoms with Gasteiger partial charge in [0.25, 0.3) is 5.91 Å². The second kappa shape index (κ2) is 9.83. The number of aryl methyl sites for hydroxylation is 1. The van der Waals surface area contributed by atoms with Crippen LogP contribution in [0.25, 0.3) is 10.9 Å². The van der Waals surface area contributed by atoms with Crippen molar-refractivity contribution in [1.29, 1.82) is 0 Å². The van der Waals surface area contributed by atoms with E-state index in [2.05, 4.69) is 14.7 Å². The number of carbonyl (C=O) groups excluding carboxylic acids is 1. The Morgan fingerprint density at radius 3 is 2.53 bits per heavy atom. The minimum absolute atomic E-state index is 0.112. The van der Waals surface area contributed by atoms with Gasteiger partial charge in [-0.3, -0.25) is 9.78 Å². The lowest BCUT2D eigenvalue weighted by Gasteiger charge is -2.39. The first-order chi connectivity index (χ1) is 17.3. The zero-order chi connectivity index (χ0) is 25.3. The molecule has 1 aliphatic rings. The fourth-order valence-corrected chi connectivity index (χ4v) is 5.30. The fourth-order valence-electron chi connectivity index (χ4n) is 4.54. The predicted octanol–water partition coefficient (Wildman–Crippen LogP) is 5.46. The molecular formula is C27H24F2N4O2S. The van der Waals surface area contributed by atoms with E-state index in [1.807, 2.05) is 12.1 Å². The Labute approximate surface area is 211 Å². The number of rotatable bonds is 5. The number of aromatic nitrogens is 2. The van der Waals surface area contributed by atoms with E-state index in [1.54, 1.807) is 54.4 Å². The van der Waals surface area contributed by atoms with E-state index in [9.17, 15) is 18.7 Å².